The molecular weight excluding hydrogens is 931 g/mol. The smallest absolute Gasteiger partial charge is 0.241 e. The average molecular weight is 994 g/mol. The molecule has 3 aliphatic heterocycles. The molecule has 10 bridgehead atoms. The van der Waals surface area contributed by atoms with Gasteiger partial charge in [0, 0.05) is 0 Å². The Bertz CT molecular complexity index is 3300. The van der Waals surface area contributed by atoms with E-state index in [4.69, 9.17) is 0 Å². The van der Waals surface area contributed by atoms with Gasteiger partial charge in [-0.2, -0.15) is 0 Å². The van der Waals surface area contributed by atoms with E-state index >= 15 is 0 Å². The summed E-state index contributed by atoms with van der Waals surface area (Å²) in [5, 5.41) is 0. The molecule has 20 unspecified atom stereocenters. The Morgan fingerprint density at radius 3 is 1.41 bits per heavy atom. The minimum atomic E-state index is -0.529. The zero-order chi connectivity index (χ0) is 50.9. The lowest BCUT2D eigenvalue weighted by molar-refractivity contribution is -0.143. The van der Waals surface area contributed by atoms with Gasteiger partial charge in [0.15, 0.2) is 0 Å². The van der Waals surface area contributed by atoms with E-state index in [1.165, 1.54) is 22.6 Å². The van der Waals surface area contributed by atoms with Gasteiger partial charge in [-0.1, -0.05) is 121 Å². The van der Waals surface area contributed by atoms with Gasteiger partial charge in [-0.3, -0.25) is 33.7 Å². The van der Waals surface area contributed by atoms with Gasteiger partial charge in [0.2, 0.25) is 35.4 Å². The third-order valence-electron chi connectivity index (χ3n) is 23.4. The van der Waals surface area contributed by atoms with E-state index in [1.54, 1.807) is 4.90 Å². The number of carbonyl (C=O) groups excluding carboxylic acids is 6. The molecule has 0 spiro atoms. The molecule has 378 valence electrons. The molecule has 14 aliphatic rings. The number of likely N-dealkylation sites (tertiary alicyclic amines) is 1. The number of allylic oxidation sites excluding steroid dienone is 6. The number of nitrogens with zero attached hydrogens (tertiary/aromatic N) is 3. The highest BCUT2D eigenvalue weighted by Gasteiger charge is 2.77. The molecule has 3 heterocycles. The van der Waals surface area contributed by atoms with Crippen LogP contribution in [0.5, 0.6) is 0 Å². The van der Waals surface area contributed by atoms with Crippen molar-refractivity contribution in [3.05, 3.63) is 156 Å². The van der Waals surface area contributed by atoms with Crippen LogP contribution in [0.1, 0.15) is 74.2 Å². The molecule has 0 radical (unpaired) electrons. The van der Waals surface area contributed by atoms with Crippen LogP contribution in [0.15, 0.2) is 134 Å². The summed E-state index contributed by atoms with van der Waals surface area (Å²) in [7, 11) is 0. The summed E-state index contributed by atoms with van der Waals surface area (Å²) in [6.45, 7) is 8.01. The molecule has 4 aromatic rings. The van der Waals surface area contributed by atoms with E-state index in [0.29, 0.717) is 71.0 Å². The largest absolute Gasteiger partial charge is 0.274 e. The Morgan fingerprint density at radius 2 is 0.880 bits per heavy atom. The number of anilines is 2. The number of carbonyl (C=O) groups is 6. The van der Waals surface area contributed by atoms with Crippen molar-refractivity contribution in [1.82, 2.24) is 4.90 Å². The molecule has 6 amide bonds. The Kier molecular flexibility index (Phi) is 9.03. The number of imide groups is 3. The van der Waals surface area contributed by atoms with Gasteiger partial charge in [-0.05, 0) is 188 Å². The monoisotopic (exact) mass is 993 g/mol. The Hall–Kier alpha value is -6.48. The van der Waals surface area contributed by atoms with Gasteiger partial charge in [0.05, 0.1) is 51.9 Å². The lowest BCUT2D eigenvalue weighted by atomic mass is 9.59. The first-order chi connectivity index (χ1) is 36.3. The van der Waals surface area contributed by atoms with Crippen LogP contribution in [0, 0.1) is 131 Å². The summed E-state index contributed by atoms with van der Waals surface area (Å²) >= 11 is 0. The summed E-state index contributed by atoms with van der Waals surface area (Å²) in [6.07, 6.45) is 19.5. The quantitative estimate of drug-likeness (QED) is 0.115. The van der Waals surface area contributed by atoms with Crippen LogP contribution in [-0.4, -0.2) is 40.3 Å². The minimum absolute atomic E-state index is 0.0105. The number of aryl methyl sites for hydroxylation is 2. The molecule has 0 aromatic heterocycles. The number of para-hydroxylation sites is 2. The Labute approximate surface area is 438 Å². The first kappa shape index (κ1) is 44.8. The van der Waals surface area contributed by atoms with Crippen molar-refractivity contribution < 1.29 is 28.8 Å². The second kappa shape index (κ2) is 15.1. The predicted molar refractivity (Wildman–Crippen MR) is 282 cm³/mol. The minimum Gasteiger partial charge on any atom is -0.274 e. The van der Waals surface area contributed by atoms with Crippen molar-refractivity contribution in [1.29, 1.82) is 0 Å². The molecule has 10 fully saturated rings. The summed E-state index contributed by atoms with van der Waals surface area (Å²) in [4.78, 5) is 85.1. The van der Waals surface area contributed by atoms with Gasteiger partial charge in [0.25, 0.3) is 0 Å². The zero-order valence-corrected chi connectivity index (χ0v) is 43.0. The highest BCUT2D eigenvalue weighted by Crippen LogP contribution is 2.75. The fraction of sp³-hybridized carbons (Fsp3) is 0.455. The SMILES string of the molecule is Cc1ccccc1N1C(=O)C2C3C=CC(C3)C2(C)C1=O.Cc1ccccc1N1C(=O)C2C3CC(C4C5C=CC(C5)C34)C2(C)C1=O.O=C1C2C3CC(C2C(=O)N1C1c2ccccc2-c2ccccc21)C1C2C=CC(C2)C31. The van der Waals surface area contributed by atoms with Crippen molar-refractivity contribution in [3.8, 4) is 11.1 Å². The van der Waals surface area contributed by atoms with E-state index < -0.39 is 10.8 Å². The van der Waals surface area contributed by atoms with Crippen molar-refractivity contribution >= 4 is 46.8 Å². The molecule has 9 nitrogen and oxygen atoms in total. The normalized spacial score (nSPS) is 42.9. The van der Waals surface area contributed by atoms with Crippen LogP contribution in [0.25, 0.3) is 11.1 Å². The van der Waals surface area contributed by atoms with Crippen LogP contribution < -0.4 is 9.80 Å². The maximum atomic E-state index is 13.9. The van der Waals surface area contributed by atoms with Gasteiger partial charge in [-0.15, -0.1) is 0 Å². The Balaban J connectivity index is 0.0000000974. The van der Waals surface area contributed by atoms with E-state index in [9.17, 15) is 28.8 Å². The highest BCUT2D eigenvalue weighted by atomic mass is 16.2. The number of amides is 6. The molecule has 75 heavy (non-hydrogen) atoms. The number of hydrogen-bond donors (Lipinski definition) is 0. The maximum Gasteiger partial charge on any atom is 0.241 e. The molecule has 11 aliphatic carbocycles. The molecule has 0 N–H and O–H groups in total. The second-order valence-electron chi connectivity index (χ2n) is 25.9. The third kappa shape index (κ3) is 5.36. The molecule has 20 atom stereocenters. The van der Waals surface area contributed by atoms with E-state index in [1.807, 2.05) is 93.6 Å². The molecule has 4 aromatic carbocycles. The maximum absolute atomic E-state index is 13.9. The molecule has 7 saturated carbocycles. The highest BCUT2D eigenvalue weighted by molar-refractivity contribution is 6.25. The van der Waals surface area contributed by atoms with Crippen LogP contribution in [0.2, 0.25) is 0 Å². The number of benzene rings is 4. The average Bonchev–Trinajstić information content (AvgIpc) is 4.45. The van der Waals surface area contributed by atoms with Gasteiger partial charge >= 0.3 is 0 Å². The van der Waals surface area contributed by atoms with Crippen LogP contribution in [0.3, 0.4) is 0 Å². The van der Waals surface area contributed by atoms with Crippen molar-refractivity contribution in [2.75, 3.05) is 9.80 Å². The molecule has 9 heteroatoms. The fourth-order valence-corrected chi connectivity index (χ4v) is 20.8. The molecular formula is C66H63N3O6. The predicted octanol–water partition coefficient (Wildman–Crippen LogP) is 10.7. The second-order valence-corrected chi connectivity index (χ2v) is 25.9. The summed E-state index contributed by atoms with van der Waals surface area (Å²) in [5.74, 6) is 7.20. The molecule has 3 saturated heterocycles. The first-order valence-electron chi connectivity index (χ1n) is 28.3. The summed E-state index contributed by atoms with van der Waals surface area (Å²) in [6, 6.07) is 31.8. The standard InChI is InChI=1S/C27H23NO2.C22H23NO2.C17H17NO2/c29-26-23-19-12-20(22-14-10-9-13(11-14)21(19)22)24(23)27(30)28(26)25-17-7-3-1-5-15(17)16-6-2-4-8-18(16)25;1-11-5-3-4-6-16(11)23-20(24)19-14-10-15(22(19,2)21(23)25)18-13-8-7-12(9-13)17(14)18;1-10-5-3-4-6-13(10)18-15(19)14-11-7-8-12(9-11)17(14,2)16(18)20/h1-10,13-14,19-25H,11-12H2;3-8,12-15,17-19H,9-10H2,1-2H3;3-8,11-12,14H,9H2,1-2H3. The van der Waals surface area contributed by atoms with Crippen molar-refractivity contribution in [3.63, 3.8) is 0 Å². The molecule has 18 rings (SSSR count). The third-order valence-corrected chi connectivity index (χ3v) is 23.4. The summed E-state index contributed by atoms with van der Waals surface area (Å²) in [5.41, 5.74) is 7.04. The van der Waals surface area contributed by atoms with Crippen LogP contribution in [0.4, 0.5) is 11.4 Å². The van der Waals surface area contributed by atoms with Gasteiger partial charge in [-0.25, -0.2) is 9.80 Å². The Morgan fingerprint density at radius 1 is 0.427 bits per heavy atom. The van der Waals surface area contributed by atoms with Gasteiger partial charge < -0.3 is 0 Å². The topological polar surface area (TPSA) is 112 Å². The summed E-state index contributed by atoms with van der Waals surface area (Å²) < 4.78 is 0. The van der Waals surface area contributed by atoms with E-state index in [2.05, 4.69) is 67.6 Å². The number of rotatable bonds is 3. The lowest BCUT2D eigenvalue weighted by Crippen LogP contribution is -2.45. The first-order valence-corrected chi connectivity index (χ1v) is 28.3. The van der Waals surface area contributed by atoms with E-state index in [0.717, 1.165) is 64.0 Å². The van der Waals surface area contributed by atoms with Crippen molar-refractivity contribution in [2.45, 2.75) is 65.8 Å². The van der Waals surface area contributed by atoms with E-state index in [-0.39, 0.29) is 77.0 Å². The lowest BCUT2D eigenvalue weighted by Gasteiger charge is -2.42. The zero-order valence-electron chi connectivity index (χ0n) is 43.0. The van der Waals surface area contributed by atoms with Crippen LogP contribution >= 0.6 is 0 Å². The number of hydrogen-bond acceptors (Lipinski definition) is 6. The van der Waals surface area contributed by atoms with Gasteiger partial charge in [0.1, 0.15) is 0 Å². The number of fused-ring (bicyclic) bond motifs is 32. The fourth-order valence-electron chi connectivity index (χ4n) is 20.8. The van der Waals surface area contributed by atoms with Crippen molar-refractivity contribution in [2.24, 2.45) is 117 Å². The van der Waals surface area contributed by atoms with Crippen LogP contribution in [-0.2, 0) is 28.8 Å².